The van der Waals surface area contributed by atoms with Gasteiger partial charge in [0.25, 0.3) is 0 Å². The molecule has 1 N–H and O–H groups in total. The van der Waals surface area contributed by atoms with E-state index in [0.29, 0.717) is 30.5 Å². The summed E-state index contributed by atoms with van der Waals surface area (Å²) in [7, 11) is 2.07. The maximum absolute atomic E-state index is 12.3. The SMILES string of the molecule is CCN(C)C[C@@H]1CN(C(=O)CCn2cc(Cl)cn2)C[C@@H]1CO. The van der Waals surface area contributed by atoms with E-state index in [-0.39, 0.29) is 18.4 Å². The molecule has 7 heteroatoms. The zero-order valence-electron chi connectivity index (χ0n) is 13.3. The second-order valence-corrected chi connectivity index (χ2v) is 6.46. The highest BCUT2D eigenvalue weighted by Crippen LogP contribution is 2.24. The van der Waals surface area contributed by atoms with Crippen molar-refractivity contribution in [2.24, 2.45) is 11.8 Å². The van der Waals surface area contributed by atoms with Gasteiger partial charge in [-0.1, -0.05) is 18.5 Å². The van der Waals surface area contributed by atoms with Crippen molar-refractivity contribution < 1.29 is 9.90 Å². The van der Waals surface area contributed by atoms with Gasteiger partial charge < -0.3 is 14.9 Å². The van der Waals surface area contributed by atoms with E-state index in [0.717, 1.165) is 19.6 Å². The van der Waals surface area contributed by atoms with E-state index in [2.05, 4.69) is 24.0 Å². The topological polar surface area (TPSA) is 61.6 Å². The van der Waals surface area contributed by atoms with Crippen LogP contribution in [0, 0.1) is 11.8 Å². The Bertz CT molecular complexity index is 494. The van der Waals surface area contributed by atoms with Crippen LogP contribution in [0.1, 0.15) is 13.3 Å². The minimum absolute atomic E-state index is 0.117. The summed E-state index contributed by atoms with van der Waals surface area (Å²) in [6.45, 7) is 6.06. The highest BCUT2D eigenvalue weighted by atomic mass is 35.5. The summed E-state index contributed by atoms with van der Waals surface area (Å²) in [4.78, 5) is 16.4. The standard InChI is InChI=1S/C15H25ClN4O2/c1-3-18(2)7-12-8-19(9-13(12)11-21)15(22)4-5-20-10-14(16)6-17-20/h6,10,12-13,21H,3-5,7-9,11H2,1-2H3/t12-,13-/m1/s1. The molecule has 2 atom stereocenters. The zero-order chi connectivity index (χ0) is 16.1. The molecule has 2 rings (SSSR count). The van der Waals surface area contributed by atoms with E-state index in [4.69, 9.17) is 11.6 Å². The molecule has 0 unspecified atom stereocenters. The summed E-state index contributed by atoms with van der Waals surface area (Å²) in [6, 6.07) is 0. The molecule has 1 aliphatic rings. The smallest absolute Gasteiger partial charge is 0.224 e. The molecular formula is C15H25ClN4O2. The van der Waals surface area contributed by atoms with Gasteiger partial charge in [0, 0.05) is 51.3 Å². The Morgan fingerprint density at radius 3 is 2.82 bits per heavy atom. The van der Waals surface area contributed by atoms with Crippen LogP contribution in [-0.4, -0.2) is 70.4 Å². The molecule has 0 spiro atoms. The minimum Gasteiger partial charge on any atom is -0.396 e. The lowest BCUT2D eigenvalue weighted by Gasteiger charge is -2.22. The number of amides is 1. The van der Waals surface area contributed by atoms with Crippen LogP contribution in [0.5, 0.6) is 0 Å². The first-order valence-electron chi connectivity index (χ1n) is 7.78. The van der Waals surface area contributed by atoms with Gasteiger partial charge in [0.1, 0.15) is 0 Å². The number of aliphatic hydroxyl groups excluding tert-OH is 1. The van der Waals surface area contributed by atoms with Crippen LogP contribution in [0.4, 0.5) is 0 Å². The van der Waals surface area contributed by atoms with E-state index in [1.807, 2.05) is 4.90 Å². The lowest BCUT2D eigenvalue weighted by Crippen LogP contribution is -2.32. The maximum Gasteiger partial charge on any atom is 0.224 e. The van der Waals surface area contributed by atoms with Crippen LogP contribution in [0.2, 0.25) is 5.02 Å². The molecule has 124 valence electrons. The number of aryl methyl sites for hydroxylation is 1. The van der Waals surface area contributed by atoms with Crippen molar-refractivity contribution in [3.8, 4) is 0 Å². The van der Waals surface area contributed by atoms with E-state index < -0.39 is 0 Å². The Labute approximate surface area is 136 Å². The van der Waals surface area contributed by atoms with E-state index in [9.17, 15) is 9.90 Å². The lowest BCUT2D eigenvalue weighted by molar-refractivity contribution is -0.130. The number of hydrogen-bond acceptors (Lipinski definition) is 4. The third-order valence-corrected chi connectivity index (χ3v) is 4.60. The first-order chi connectivity index (χ1) is 10.5. The van der Waals surface area contributed by atoms with Crippen molar-refractivity contribution in [1.29, 1.82) is 0 Å². The minimum atomic E-state index is 0.117. The van der Waals surface area contributed by atoms with Gasteiger partial charge in [-0.25, -0.2) is 0 Å². The Hall–Kier alpha value is -1.11. The number of aliphatic hydroxyl groups is 1. The Balaban J connectivity index is 1.85. The number of nitrogens with zero attached hydrogens (tertiary/aromatic N) is 4. The fourth-order valence-electron chi connectivity index (χ4n) is 2.91. The van der Waals surface area contributed by atoms with Crippen LogP contribution in [0.15, 0.2) is 12.4 Å². The van der Waals surface area contributed by atoms with E-state index in [1.54, 1.807) is 17.1 Å². The molecule has 1 amide bonds. The van der Waals surface area contributed by atoms with Crippen LogP contribution in [0.3, 0.4) is 0 Å². The molecule has 1 aromatic heterocycles. The van der Waals surface area contributed by atoms with Crippen molar-refractivity contribution >= 4 is 17.5 Å². The Morgan fingerprint density at radius 1 is 1.50 bits per heavy atom. The van der Waals surface area contributed by atoms with E-state index >= 15 is 0 Å². The molecule has 1 aromatic rings. The number of rotatable bonds is 7. The molecule has 0 saturated carbocycles. The lowest BCUT2D eigenvalue weighted by atomic mass is 9.96. The normalized spacial score (nSPS) is 21.8. The number of hydrogen-bond donors (Lipinski definition) is 1. The average molecular weight is 329 g/mol. The quantitative estimate of drug-likeness (QED) is 0.809. The average Bonchev–Trinajstić information content (AvgIpc) is 3.10. The maximum atomic E-state index is 12.3. The molecule has 1 fully saturated rings. The van der Waals surface area contributed by atoms with Gasteiger partial charge >= 0.3 is 0 Å². The molecule has 0 aliphatic carbocycles. The van der Waals surface area contributed by atoms with Crippen molar-refractivity contribution in [3.63, 3.8) is 0 Å². The fourth-order valence-corrected chi connectivity index (χ4v) is 3.07. The number of aromatic nitrogens is 2. The molecular weight excluding hydrogens is 304 g/mol. The number of carbonyl (C=O) groups excluding carboxylic acids is 1. The van der Waals surface area contributed by atoms with Gasteiger partial charge in [0.05, 0.1) is 11.2 Å². The van der Waals surface area contributed by atoms with Crippen LogP contribution < -0.4 is 0 Å². The second kappa shape index (κ2) is 7.94. The van der Waals surface area contributed by atoms with Crippen LogP contribution >= 0.6 is 11.6 Å². The fraction of sp³-hybridized carbons (Fsp3) is 0.733. The molecule has 0 bridgehead atoms. The van der Waals surface area contributed by atoms with Gasteiger partial charge in [-0.3, -0.25) is 9.48 Å². The van der Waals surface area contributed by atoms with Gasteiger partial charge in [0.15, 0.2) is 0 Å². The molecule has 2 heterocycles. The predicted octanol–water partition coefficient (Wildman–Crippen LogP) is 0.945. The number of likely N-dealkylation sites (tertiary alicyclic amines) is 1. The van der Waals surface area contributed by atoms with Crippen LogP contribution in [-0.2, 0) is 11.3 Å². The Morgan fingerprint density at radius 2 is 2.23 bits per heavy atom. The first kappa shape index (κ1) is 17.2. The molecule has 1 aliphatic heterocycles. The predicted molar refractivity (Wildman–Crippen MR) is 85.7 cm³/mol. The largest absolute Gasteiger partial charge is 0.396 e. The summed E-state index contributed by atoms with van der Waals surface area (Å²) in [5.41, 5.74) is 0. The van der Waals surface area contributed by atoms with Gasteiger partial charge in [0.2, 0.25) is 5.91 Å². The van der Waals surface area contributed by atoms with E-state index in [1.165, 1.54) is 0 Å². The van der Waals surface area contributed by atoms with Crippen molar-refractivity contribution in [2.75, 3.05) is 39.8 Å². The summed E-state index contributed by atoms with van der Waals surface area (Å²) in [5, 5.41) is 14.2. The van der Waals surface area contributed by atoms with Gasteiger partial charge in [-0.05, 0) is 19.5 Å². The highest BCUT2D eigenvalue weighted by molar-refractivity contribution is 6.30. The summed E-state index contributed by atoms with van der Waals surface area (Å²) in [5.74, 6) is 0.641. The highest BCUT2D eigenvalue weighted by Gasteiger charge is 2.34. The summed E-state index contributed by atoms with van der Waals surface area (Å²) < 4.78 is 1.68. The summed E-state index contributed by atoms with van der Waals surface area (Å²) in [6.07, 6.45) is 3.70. The molecule has 0 radical (unpaired) electrons. The third kappa shape index (κ3) is 4.44. The molecule has 22 heavy (non-hydrogen) atoms. The van der Waals surface area contributed by atoms with Gasteiger partial charge in [-0.2, -0.15) is 5.10 Å². The van der Waals surface area contributed by atoms with Crippen molar-refractivity contribution in [1.82, 2.24) is 19.6 Å². The molecule has 6 nitrogen and oxygen atoms in total. The number of halogens is 1. The van der Waals surface area contributed by atoms with Crippen molar-refractivity contribution in [2.45, 2.75) is 19.9 Å². The number of carbonyl (C=O) groups is 1. The van der Waals surface area contributed by atoms with Crippen LogP contribution in [0.25, 0.3) is 0 Å². The third-order valence-electron chi connectivity index (χ3n) is 4.41. The molecule has 1 saturated heterocycles. The molecule has 0 aromatic carbocycles. The van der Waals surface area contributed by atoms with Crippen molar-refractivity contribution in [3.05, 3.63) is 17.4 Å². The van der Waals surface area contributed by atoms with Gasteiger partial charge in [-0.15, -0.1) is 0 Å². The second-order valence-electron chi connectivity index (χ2n) is 6.03. The summed E-state index contributed by atoms with van der Waals surface area (Å²) >= 11 is 5.81. The zero-order valence-corrected chi connectivity index (χ0v) is 14.0. The Kier molecular flexibility index (Phi) is 6.23. The monoisotopic (exact) mass is 328 g/mol. The first-order valence-corrected chi connectivity index (χ1v) is 8.16.